The number of hydrogen-bond donors (Lipinski definition) is 3. The molecule has 0 atom stereocenters. The van der Waals surface area contributed by atoms with E-state index in [2.05, 4.69) is 10.9 Å². The van der Waals surface area contributed by atoms with Gasteiger partial charge in [-0.05, 0) is 19.4 Å². The minimum Gasteiger partial charge on any atom is -0.424 e. The molecule has 0 aromatic carbocycles. The van der Waals surface area contributed by atoms with Gasteiger partial charge in [0.2, 0.25) is 0 Å². The van der Waals surface area contributed by atoms with Gasteiger partial charge in [0.1, 0.15) is 0 Å². The Hall–Kier alpha value is -0.593. The van der Waals surface area contributed by atoms with Crippen LogP contribution in [0.25, 0.3) is 0 Å². The second-order valence-corrected chi connectivity index (χ2v) is 3.84. The summed E-state index contributed by atoms with van der Waals surface area (Å²) in [6, 6.07) is 0.582. The molecular formula is C6H17N3O2Si. The summed E-state index contributed by atoms with van der Waals surface area (Å²) in [4.78, 5) is 10.2. The van der Waals surface area contributed by atoms with E-state index in [1.54, 1.807) is 0 Å². The highest BCUT2D eigenvalue weighted by Crippen LogP contribution is 1.86. The van der Waals surface area contributed by atoms with Crippen LogP contribution in [-0.4, -0.2) is 28.9 Å². The lowest BCUT2D eigenvalue weighted by Crippen LogP contribution is -2.41. The van der Waals surface area contributed by atoms with Crippen molar-refractivity contribution in [1.29, 1.82) is 0 Å². The molecule has 4 N–H and O–H groups in total. The molecular weight excluding hydrogens is 174 g/mol. The van der Waals surface area contributed by atoms with E-state index in [-0.39, 0.29) is 9.76 Å². The number of rotatable bonds is 7. The van der Waals surface area contributed by atoms with Gasteiger partial charge in [-0.15, -0.1) is 0 Å². The van der Waals surface area contributed by atoms with Crippen LogP contribution in [0.1, 0.15) is 13.3 Å². The Morgan fingerprint density at radius 1 is 1.67 bits per heavy atom. The maximum absolute atomic E-state index is 10.2. The maximum Gasteiger partial charge on any atom is 0.326 e. The summed E-state index contributed by atoms with van der Waals surface area (Å²) < 4.78 is 5.26. The molecule has 2 amide bonds. The molecule has 5 nitrogen and oxygen atoms in total. The van der Waals surface area contributed by atoms with E-state index >= 15 is 0 Å². The Morgan fingerprint density at radius 3 is 3.00 bits per heavy atom. The molecule has 0 aromatic heterocycles. The summed E-state index contributed by atoms with van der Waals surface area (Å²) in [5.41, 5.74) is 9.83. The van der Waals surface area contributed by atoms with Crippen molar-refractivity contribution in [3.05, 3.63) is 0 Å². The van der Waals surface area contributed by atoms with E-state index in [1.807, 2.05) is 6.92 Å². The van der Waals surface area contributed by atoms with Gasteiger partial charge in [0.05, 0.1) is 0 Å². The van der Waals surface area contributed by atoms with E-state index in [4.69, 9.17) is 10.2 Å². The second-order valence-electron chi connectivity index (χ2n) is 2.32. The fourth-order valence-corrected chi connectivity index (χ4v) is 1.66. The van der Waals surface area contributed by atoms with Gasteiger partial charge in [-0.1, -0.05) is 0 Å². The average molecular weight is 191 g/mol. The monoisotopic (exact) mass is 191 g/mol. The number of amides is 2. The molecule has 72 valence electrons. The first-order chi connectivity index (χ1) is 5.77. The predicted molar refractivity (Wildman–Crippen MR) is 50.3 cm³/mol. The molecule has 0 spiro atoms. The molecule has 0 saturated carbocycles. The second kappa shape index (κ2) is 8.50. The minimum absolute atomic E-state index is 0.320. The zero-order valence-corrected chi connectivity index (χ0v) is 8.84. The molecule has 0 fully saturated rings. The third-order valence-electron chi connectivity index (χ3n) is 1.26. The quantitative estimate of drug-likeness (QED) is 0.277. The van der Waals surface area contributed by atoms with E-state index in [1.165, 1.54) is 0 Å². The van der Waals surface area contributed by atoms with Crippen LogP contribution in [-0.2, 0) is 4.43 Å². The molecule has 0 unspecified atom stereocenters. The lowest BCUT2D eigenvalue weighted by molar-refractivity contribution is 0.244. The van der Waals surface area contributed by atoms with E-state index < -0.39 is 6.03 Å². The summed E-state index contributed by atoms with van der Waals surface area (Å²) in [5, 5.41) is 0. The van der Waals surface area contributed by atoms with Crippen LogP contribution in [0.3, 0.4) is 0 Å². The van der Waals surface area contributed by atoms with Crippen LogP contribution >= 0.6 is 0 Å². The molecule has 0 aliphatic heterocycles. The summed E-state index contributed by atoms with van der Waals surface area (Å²) >= 11 is 0. The van der Waals surface area contributed by atoms with Crippen molar-refractivity contribution in [3.8, 4) is 0 Å². The third-order valence-corrected chi connectivity index (χ3v) is 2.74. The number of hydrogen-bond acceptors (Lipinski definition) is 3. The first-order valence-corrected chi connectivity index (χ1v) is 5.71. The molecule has 0 aromatic rings. The largest absolute Gasteiger partial charge is 0.424 e. The highest BCUT2D eigenvalue weighted by atomic mass is 28.2. The van der Waals surface area contributed by atoms with E-state index in [0.29, 0.717) is 0 Å². The van der Waals surface area contributed by atoms with Crippen molar-refractivity contribution in [3.63, 3.8) is 0 Å². The van der Waals surface area contributed by atoms with Crippen LogP contribution in [0.2, 0.25) is 6.04 Å². The van der Waals surface area contributed by atoms with Gasteiger partial charge in [-0.2, -0.15) is 0 Å². The van der Waals surface area contributed by atoms with Gasteiger partial charge < -0.3 is 10.2 Å². The van der Waals surface area contributed by atoms with Gasteiger partial charge in [-0.3, -0.25) is 5.43 Å². The predicted octanol–water partition coefficient (Wildman–Crippen LogP) is -0.912. The smallest absolute Gasteiger partial charge is 0.326 e. The molecule has 0 radical (unpaired) electrons. The van der Waals surface area contributed by atoms with Crippen molar-refractivity contribution >= 4 is 15.8 Å². The number of hydrazine groups is 1. The fraction of sp³-hybridized carbons (Fsp3) is 0.833. The van der Waals surface area contributed by atoms with Crippen molar-refractivity contribution in [1.82, 2.24) is 10.9 Å². The van der Waals surface area contributed by atoms with Gasteiger partial charge in [-0.25, -0.2) is 10.2 Å². The molecule has 0 aliphatic carbocycles. The number of urea groups is 1. The molecule has 0 rings (SSSR count). The topological polar surface area (TPSA) is 76.4 Å². The Balaban J connectivity index is 2.86. The number of primary amides is 1. The highest BCUT2D eigenvalue weighted by molar-refractivity contribution is 6.26. The highest BCUT2D eigenvalue weighted by Gasteiger charge is 1.90. The maximum atomic E-state index is 10.2. The average Bonchev–Trinajstić information content (AvgIpc) is 2.02. The normalized spacial score (nSPS) is 10.8. The van der Waals surface area contributed by atoms with Gasteiger partial charge in [0.25, 0.3) is 0 Å². The van der Waals surface area contributed by atoms with E-state index in [9.17, 15) is 4.79 Å². The van der Waals surface area contributed by atoms with Crippen LogP contribution in [0.4, 0.5) is 4.79 Å². The number of nitrogens with two attached hydrogens (primary N) is 1. The fourth-order valence-electron chi connectivity index (χ4n) is 0.711. The Morgan fingerprint density at radius 2 is 2.42 bits per heavy atom. The Kier molecular flexibility index (Phi) is 8.08. The van der Waals surface area contributed by atoms with Crippen LogP contribution in [0.5, 0.6) is 0 Å². The molecule has 0 heterocycles. The first-order valence-electron chi connectivity index (χ1n) is 4.13. The Bertz CT molecular complexity index is 123. The minimum atomic E-state index is -0.544. The van der Waals surface area contributed by atoms with Crippen LogP contribution < -0.4 is 16.6 Å². The number of carbonyl (C=O) groups is 1. The zero-order chi connectivity index (χ0) is 9.23. The van der Waals surface area contributed by atoms with Crippen LogP contribution in [0, 0.1) is 0 Å². The summed E-state index contributed by atoms with van der Waals surface area (Å²) in [7, 11) is -0.320. The third kappa shape index (κ3) is 9.41. The van der Waals surface area contributed by atoms with Gasteiger partial charge >= 0.3 is 6.03 Å². The summed E-state index contributed by atoms with van der Waals surface area (Å²) in [6.07, 6.45) is 1.02. The van der Waals surface area contributed by atoms with E-state index in [0.717, 1.165) is 25.6 Å². The van der Waals surface area contributed by atoms with Crippen molar-refractivity contribution in [2.45, 2.75) is 19.4 Å². The first kappa shape index (κ1) is 11.4. The summed E-state index contributed by atoms with van der Waals surface area (Å²) in [5.74, 6) is 0. The van der Waals surface area contributed by atoms with Gasteiger partial charge in [0, 0.05) is 13.2 Å². The molecule has 0 saturated heterocycles. The molecule has 12 heavy (non-hydrogen) atoms. The lowest BCUT2D eigenvalue weighted by atomic mass is 10.5. The Labute approximate surface area is 74.9 Å². The van der Waals surface area contributed by atoms with Crippen molar-refractivity contribution in [2.75, 3.05) is 13.2 Å². The van der Waals surface area contributed by atoms with Gasteiger partial charge in [0.15, 0.2) is 9.76 Å². The SMILES string of the molecule is CCO[SiH2]CCCNNC(N)=O. The number of carbonyl (C=O) groups excluding carboxylic acids is 1. The molecule has 6 heteroatoms. The standard InChI is InChI=1S/C6H17N3O2Si/c1-2-11-12-5-3-4-8-9-6(7)10/h8H,2-5,12H2,1H3,(H3,7,9,10). The zero-order valence-electron chi connectivity index (χ0n) is 7.43. The van der Waals surface area contributed by atoms with Crippen LogP contribution in [0.15, 0.2) is 0 Å². The lowest BCUT2D eigenvalue weighted by Gasteiger charge is -2.03. The summed E-state index contributed by atoms with van der Waals surface area (Å²) in [6.45, 7) is 3.57. The molecule has 0 aliphatic rings. The van der Waals surface area contributed by atoms with Crippen molar-refractivity contribution in [2.24, 2.45) is 5.73 Å². The number of nitrogens with one attached hydrogen (secondary N) is 2. The van der Waals surface area contributed by atoms with Crippen molar-refractivity contribution < 1.29 is 9.22 Å². The molecule has 0 bridgehead atoms.